The number of thioether (sulfide) groups is 1. The van der Waals surface area contributed by atoms with Crippen molar-refractivity contribution >= 4 is 11.8 Å². The lowest BCUT2D eigenvalue weighted by atomic mass is 10.2. The molecule has 5 heteroatoms. The van der Waals surface area contributed by atoms with E-state index in [-0.39, 0.29) is 17.5 Å². The predicted octanol–water partition coefficient (Wildman–Crippen LogP) is 3.66. The largest absolute Gasteiger partial charge is 0.441 e. The predicted molar refractivity (Wildman–Crippen MR) is 60.1 cm³/mol. The van der Waals surface area contributed by atoms with Gasteiger partial charge >= 0.3 is 5.51 Å². The molecular weight excluding hydrogens is 223 g/mol. The zero-order valence-electron chi connectivity index (χ0n) is 9.36. The molecule has 0 aliphatic rings. The molecule has 0 aromatic rings. The molecule has 0 rings (SSSR count). The van der Waals surface area contributed by atoms with E-state index in [9.17, 15) is 13.2 Å². The first-order valence-electron chi connectivity index (χ1n) is 5.33. The van der Waals surface area contributed by atoms with Crippen molar-refractivity contribution in [1.82, 2.24) is 5.32 Å². The van der Waals surface area contributed by atoms with E-state index in [2.05, 4.69) is 19.2 Å². The van der Waals surface area contributed by atoms with Crippen LogP contribution in [-0.2, 0) is 0 Å². The zero-order valence-corrected chi connectivity index (χ0v) is 10.2. The van der Waals surface area contributed by atoms with Crippen LogP contribution in [0.2, 0.25) is 0 Å². The third-order valence-electron chi connectivity index (χ3n) is 1.82. The van der Waals surface area contributed by atoms with Crippen LogP contribution in [0, 0.1) is 5.92 Å². The fourth-order valence-corrected chi connectivity index (χ4v) is 1.69. The highest BCUT2D eigenvalue weighted by Crippen LogP contribution is 2.30. The molecule has 1 nitrogen and oxygen atoms in total. The van der Waals surface area contributed by atoms with Gasteiger partial charge in [0.05, 0.1) is 0 Å². The summed E-state index contributed by atoms with van der Waals surface area (Å²) in [6, 6.07) is 0. The molecule has 0 amide bonds. The Labute approximate surface area is 94.2 Å². The second-order valence-corrected chi connectivity index (χ2v) is 5.11. The Morgan fingerprint density at radius 3 is 2.33 bits per heavy atom. The fraction of sp³-hybridized carbons (Fsp3) is 1.00. The van der Waals surface area contributed by atoms with Gasteiger partial charge in [-0.05, 0) is 31.8 Å². The van der Waals surface area contributed by atoms with Crippen LogP contribution in [-0.4, -0.2) is 24.4 Å². The molecule has 0 saturated carbocycles. The minimum Gasteiger partial charge on any atom is -0.316 e. The summed E-state index contributed by atoms with van der Waals surface area (Å²) in [5.41, 5.74) is -4.06. The molecule has 0 atom stereocenters. The minimum absolute atomic E-state index is 0.0818. The second-order valence-electron chi connectivity index (χ2n) is 3.95. The van der Waals surface area contributed by atoms with Gasteiger partial charge in [0.15, 0.2) is 0 Å². The van der Waals surface area contributed by atoms with E-state index in [0.29, 0.717) is 12.3 Å². The maximum atomic E-state index is 11.7. The van der Waals surface area contributed by atoms with Crippen molar-refractivity contribution in [3.63, 3.8) is 0 Å². The summed E-state index contributed by atoms with van der Waals surface area (Å²) < 4.78 is 35.2. The highest BCUT2D eigenvalue weighted by atomic mass is 32.2. The molecule has 0 aromatic carbocycles. The Hall–Kier alpha value is 0.100. The van der Waals surface area contributed by atoms with Crippen LogP contribution < -0.4 is 5.32 Å². The summed E-state index contributed by atoms with van der Waals surface area (Å²) in [6.07, 6.45) is 2.48. The number of nitrogens with one attached hydrogen (secondary N) is 1. The van der Waals surface area contributed by atoms with Crippen LogP contribution in [0.15, 0.2) is 0 Å². The molecule has 0 unspecified atom stereocenters. The van der Waals surface area contributed by atoms with E-state index in [1.807, 2.05) is 0 Å². The van der Waals surface area contributed by atoms with Crippen LogP contribution in [0.4, 0.5) is 13.2 Å². The van der Waals surface area contributed by atoms with Gasteiger partial charge < -0.3 is 5.32 Å². The Bertz CT molecular complexity index is 148. The monoisotopic (exact) mass is 243 g/mol. The van der Waals surface area contributed by atoms with E-state index in [1.165, 1.54) is 0 Å². The highest BCUT2D eigenvalue weighted by molar-refractivity contribution is 8.00. The number of hydrogen-bond acceptors (Lipinski definition) is 2. The van der Waals surface area contributed by atoms with E-state index in [1.54, 1.807) is 0 Å². The summed E-state index contributed by atoms with van der Waals surface area (Å²) in [5.74, 6) is 0.819. The van der Waals surface area contributed by atoms with Crippen molar-refractivity contribution in [3.05, 3.63) is 0 Å². The van der Waals surface area contributed by atoms with Crippen molar-refractivity contribution in [3.8, 4) is 0 Å². The highest BCUT2D eigenvalue weighted by Gasteiger charge is 2.27. The molecule has 0 aromatic heterocycles. The van der Waals surface area contributed by atoms with E-state index in [0.717, 1.165) is 25.9 Å². The summed E-state index contributed by atoms with van der Waals surface area (Å²) >= 11 is 0.0818. The van der Waals surface area contributed by atoms with Gasteiger partial charge in [-0.15, -0.1) is 0 Å². The molecule has 0 fully saturated rings. The summed E-state index contributed by atoms with van der Waals surface area (Å²) in [6.45, 7) is 6.16. The van der Waals surface area contributed by atoms with E-state index in [4.69, 9.17) is 0 Å². The molecule has 0 heterocycles. The van der Waals surface area contributed by atoms with Crippen molar-refractivity contribution in [1.29, 1.82) is 0 Å². The number of halogens is 3. The van der Waals surface area contributed by atoms with Crippen molar-refractivity contribution < 1.29 is 13.2 Å². The molecule has 92 valence electrons. The smallest absolute Gasteiger partial charge is 0.316 e. The van der Waals surface area contributed by atoms with Crippen molar-refractivity contribution in [2.24, 2.45) is 5.92 Å². The lowest BCUT2D eigenvalue weighted by Gasteiger charge is -2.07. The van der Waals surface area contributed by atoms with Gasteiger partial charge in [0.1, 0.15) is 0 Å². The zero-order chi connectivity index (χ0) is 11.7. The molecule has 1 N–H and O–H groups in total. The van der Waals surface area contributed by atoms with E-state index < -0.39 is 5.51 Å². The lowest BCUT2D eigenvalue weighted by molar-refractivity contribution is -0.0328. The summed E-state index contributed by atoms with van der Waals surface area (Å²) in [7, 11) is 0. The maximum Gasteiger partial charge on any atom is 0.441 e. The Morgan fingerprint density at radius 1 is 1.13 bits per heavy atom. The van der Waals surface area contributed by atoms with Crippen LogP contribution in [0.5, 0.6) is 0 Å². The first-order chi connectivity index (χ1) is 6.92. The van der Waals surface area contributed by atoms with E-state index >= 15 is 0 Å². The number of alkyl halides is 3. The third kappa shape index (κ3) is 14.1. The topological polar surface area (TPSA) is 12.0 Å². The van der Waals surface area contributed by atoms with Crippen LogP contribution in [0.3, 0.4) is 0 Å². The Morgan fingerprint density at radius 2 is 1.80 bits per heavy atom. The Balaban J connectivity index is 3.06. The SMILES string of the molecule is CC(C)CNCCCCCSC(F)(F)F. The van der Waals surface area contributed by atoms with Crippen molar-refractivity contribution in [2.45, 2.75) is 38.6 Å². The fourth-order valence-electron chi connectivity index (χ4n) is 1.11. The van der Waals surface area contributed by atoms with Crippen molar-refractivity contribution in [2.75, 3.05) is 18.8 Å². The number of hydrogen-bond donors (Lipinski definition) is 1. The van der Waals surface area contributed by atoms with Gasteiger partial charge in [0, 0.05) is 5.75 Å². The van der Waals surface area contributed by atoms with Gasteiger partial charge in [0.2, 0.25) is 0 Å². The number of rotatable bonds is 8. The number of unbranched alkanes of at least 4 members (excludes halogenated alkanes) is 2. The molecule has 0 aliphatic heterocycles. The average Bonchev–Trinajstić information content (AvgIpc) is 2.07. The molecule has 0 saturated heterocycles. The minimum atomic E-state index is -4.06. The molecule has 15 heavy (non-hydrogen) atoms. The molecule has 0 radical (unpaired) electrons. The summed E-state index contributed by atoms with van der Waals surface area (Å²) in [5, 5.41) is 3.26. The van der Waals surface area contributed by atoms with Gasteiger partial charge in [-0.2, -0.15) is 13.2 Å². The quantitative estimate of drug-likeness (QED) is 0.653. The van der Waals surface area contributed by atoms with Gasteiger partial charge in [-0.3, -0.25) is 0 Å². The normalized spacial score (nSPS) is 12.4. The first-order valence-corrected chi connectivity index (χ1v) is 6.32. The van der Waals surface area contributed by atoms with Gasteiger partial charge in [0.25, 0.3) is 0 Å². The second kappa shape index (κ2) is 8.28. The van der Waals surface area contributed by atoms with Crippen LogP contribution in [0.1, 0.15) is 33.1 Å². The van der Waals surface area contributed by atoms with Crippen LogP contribution >= 0.6 is 11.8 Å². The molecule has 0 bridgehead atoms. The molecule has 0 aliphatic carbocycles. The van der Waals surface area contributed by atoms with Crippen LogP contribution in [0.25, 0.3) is 0 Å². The first kappa shape index (κ1) is 15.1. The maximum absolute atomic E-state index is 11.7. The molecular formula is C10H20F3NS. The van der Waals surface area contributed by atoms with Gasteiger partial charge in [-0.25, -0.2) is 0 Å². The Kier molecular flexibility index (Phi) is 8.33. The summed E-state index contributed by atoms with van der Waals surface area (Å²) in [4.78, 5) is 0. The lowest BCUT2D eigenvalue weighted by Crippen LogP contribution is -2.20. The average molecular weight is 243 g/mol. The standard InChI is InChI=1S/C10H20F3NS/c1-9(2)8-14-6-4-3-5-7-15-10(11,12)13/h9,14H,3-8H2,1-2H3. The third-order valence-corrected chi connectivity index (χ3v) is 2.64. The van der Waals surface area contributed by atoms with Gasteiger partial charge in [-0.1, -0.05) is 32.0 Å². The molecule has 0 spiro atoms.